The molecular weight excluding hydrogens is 310 g/mol. The fourth-order valence-corrected chi connectivity index (χ4v) is 3.47. The first kappa shape index (κ1) is 14.3. The van der Waals surface area contributed by atoms with Crippen LogP contribution in [0.15, 0.2) is 42.7 Å². The molecule has 4 rings (SSSR count). The van der Waals surface area contributed by atoms with E-state index in [-0.39, 0.29) is 6.10 Å². The zero-order valence-electron chi connectivity index (χ0n) is 12.6. The molecule has 0 bridgehead atoms. The molecule has 0 saturated carbocycles. The van der Waals surface area contributed by atoms with Crippen LogP contribution in [0.25, 0.3) is 5.69 Å². The van der Waals surface area contributed by atoms with Crippen LogP contribution in [0.5, 0.6) is 0 Å². The number of ether oxygens (including phenoxy) is 1. The fourth-order valence-electron chi connectivity index (χ4n) is 2.53. The van der Waals surface area contributed by atoms with Crippen LogP contribution in [-0.4, -0.2) is 26.6 Å². The molecule has 1 aliphatic heterocycles. The maximum Gasteiger partial charge on any atom is 0.169 e. The third-order valence-electron chi connectivity index (χ3n) is 3.70. The van der Waals surface area contributed by atoms with E-state index < -0.39 is 0 Å². The van der Waals surface area contributed by atoms with Crippen LogP contribution in [0.1, 0.15) is 28.8 Å². The lowest BCUT2D eigenvalue weighted by molar-refractivity contribution is 0.111. The van der Waals surface area contributed by atoms with Gasteiger partial charge in [-0.3, -0.25) is 0 Å². The van der Waals surface area contributed by atoms with Crippen molar-refractivity contribution in [2.24, 2.45) is 0 Å². The summed E-state index contributed by atoms with van der Waals surface area (Å²) < 4.78 is 5.67. The second-order valence-corrected chi connectivity index (χ2v) is 6.52. The smallest absolute Gasteiger partial charge is 0.169 e. The molecule has 1 N–H and O–H groups in total. The van der Waals surface area contributed by atoms with E-state index in [1.165, 1.54) is 4.88 Å². The molecule has 118 valence electrons. The predicted octanol–water partition coefficient (Wildman–Crippen LogP) is 3.19. The lowest BCUT2D eigenvalue weighted by Gasteiger charge is -2.03. The van der Waals surface area contributed by atoms with Crippen molar-refractivity contribution in [3.63, 3.8) is 0 Å². The van der Waals surface area contributed by atoms with E-state index in [2.05, 4.69) is 20.5 Å². The molecule has 0 radical (unpaired) electrons. The number of hydrogen-bond acceptors (Lipinski definition) is 6. The van der Waals surface area contributed by atoms with Crippen LogP contribution >= 0.6 is 11.3 Å². The Bertz CT molecular complexity index is 764. The summed E-state index contributed by atoms with van der Waals surface area (Å²) in [5, 5.41) is 13.1. The highest BCUT2D eigenvalue weighted by Gasteiger charge is 2.20. The number of hydrogen-bond donors (Lipinski definition) is 1. The minimum atomic E-state index is 0.188. The first-order valence-electron chi connectivity index (χ1n) is 7.66. The van der Waals surface area contributed by atoms with Gasteiger partial charge in [-0.05, 0) is 25.0 Å². The molecule has 0 spiro atoms. The Hall–Kier alpha value is -2.25. The first-order chi connectivity index (χ1) is 11.4. The number of aromatic nitrogens is 4. The Balaban J connectivity index is 1.39. The molecule has 1 aromatic carbocycles. The number of para-hydroxylation sites is 1. The average molecular weight is 327 g/mol. The quantitative estimate of drug-likeness (QED) is 0.779. The van der Waals surface area contributed by atoms with Crippen molar-refractivity contribution >= 4 is 17.2 Å². The van der Waals surface area contributed by atoms with E-state index in [1.807, 2.05) is 36.5 Å². The molecule has 3 aromatic rings. The van der Waals surface area contributed by atoms with E-state index >= 15 is 0 Å². The number of benzene rings is 1. The molecule has 1 unspecified atom stereocenters. The van der Waals surface area contributed by atoms with Crippen LogP contribution in [0.3, 0.4) is 0 Å². The fraction of sp³-hybridized carbons (Fsp3) is 0.312. The van der Waals surface area contributed by atoms with Gasteiger partial charge in [0.25, 0.3) is 0 Å². The topological polar surface area (TPSA) is 64.9 Å². The standard InChI is InChI=1S/C16H17N5OS/c1-2-5-12(6-3-1)21-19-11-15(20-21)17-9-13-10-18-16(23-13)14-7-4-8-22-14/h1-3,5-6,10-11,14H,4,7-9H2,(H,17,20). The zero-order chi connectivity index (χ0) is 15.5. The molecule has 1 fully saturated rings. The minimum Gasteiger partial charge on any atom is -0.371 e. The average Bonchev–Trinajstić information content (AvgIpc) is 3.33. The maximum absolute atomic E-state index is 5.67. The second-order valence-electron chi connectivity index (χ2n) is 5.37. The van der Waals surface area contributed by atoms with Gasteiger partial charge in [-0.25, -0.2) is 4.98 Å². The number of anilines is 1. The van der Waals surface area contributed by atoms with Crippen molar-refractivity contribution < 1.29 is 4.74 Å². The van der Waals surface area contributed by atoms with Crippen LogP contribution in [0.2, 0.25) is 0 Å². The Morgan fingerprint density at radius 3 is 3.00 bits per heavy atom. The lowest BCUT2D eigenvalue weighted by atomic mass is 10.2. The summed E-state index contributed by atoms with van der Waals surface area (Å²) in [6, 6.07) is 9.86. The van der Waals surface area contributed by atoms with E-state index in [1.54, 1.807) is 22.3 Å². The zero-order valence-corrected chi connectivity index (χ0v) is 13.4. The second kappa shape index (κ2) is 6.47. The van der Waals surface area contributed by atoms with Crippen molar-refractivity contribution in [3.05, 3.63) is 52.6 Å². The summed E-state index contributed by atoms with van der Waals surface area (Å²) in [6.07, 6.45) is 6.03. The monoisotopic (exact) mass is 327 g/mol. The summed E-state index contributed by atoms with van der Waals surface area (Å²) in [5.41, 5.74) is 0.944. The summed E-state index contributed by atoms with van der Waals surface area (Å²) in [5.74, 6) is 0.751. The molecule has 0 amide bonds. The predicted molar refractivity (Wildman–Crippen MR) is 88.7 cm³/mol. The van der Waals surface area contributed by atoms with Crippen molar-refractivity contribution in [2.45, 2.75) is 25.5 Å². The summed E-state index contributed by atoms with van der Waals surface area (Å²) >= 11 is 1.70. The molecule has 3 heterocycles. The van der Waals surface area contributed by atoms with Crippen molar-refractivity contribution in [3.8, 4) is 5.69 Å². The number of nitrogens with one attached hydrogen (secondary N) is 1. The van der Waals surface area contributed by atoms with Gasteiger partial charge in [-0.15, -0.1) is 21.2 Å². The third kappa shape index (κ3) is 3.25. The van der Waals surface area contributed by atoms with Crippen molar-refractivity contribution in [1.29, 1.82) is 0 Å². The highest BCUT2D eigenvalue weighted by molar-refractivity contribution is 7.11. The Labute approximate surface area is 138 Å². The van der Waals surface area contributed by atoms with Gasteiger partial charge in [0.15, 0.2) is 5.82 Å². The number of thiazole rings is 1. The summed E-state index contributed by atoms with van der Waals surface area (Å²) in [6.45, 7) is 1.54. The van der Waals surface area contributed by atoms with E-state index in [9.17, 15) is 0 Å². The van der Waals surface area contributed by atoms with Gasteiger partial charge in [0.1, 0.15) is 11.1 Å². The van der Waals surface area contributed by atoms with E-state index in [4.69, 9.17) is 4.74 Å². The van der Waals surface area contributed by atoms with Crippen LogP contribution in [0.4, 0.5) is 5.82 Å². The molecule has 23 heavy (non-hydrogen) atoms. The molecule has 1 saturated heterocycles. The molecule has 0 aliphatic carbocycles. The Morgan fingerprint density at radius 2 is 2.17 bits per heavy atom. The SMILES string of the molecule is c1ccc(-n2ncc(NCc3cnc(C4CCCO4)s3)n2)cc1. The minimum absolute atomic E-state index is 0.188. The Kier molecular flexibility index (Phi) is 4.04. The number of nitrogens with zero attached hydrogens (tertiary/aromatic N) is 4. The number of rotatable bonds is 5. The lowest BCUT2D eigenvalue weighted by Crippen LogP contribution is -2.01. The van der Waals surface area contributed by atoms with Gasteiger partial charge in [-0.2, -0.15) is 5.10 Å². The Morgan fingerprint density at radius 1 is 1.26 bits per heavy atom. The van der Waals surface area contributed by atoms with Gasteiger partial charge in [0.05, 0.1) is 18.4 Å². The highest BCUT2D eigenvalue weighted by Crippen LogP contribution is 2.31. The maximum atomic E-state index is 5.67. The van der Waals surface area contributed by atoms with E-state index in [0.29, 0.717) is 6.54 Å². The molecule has 1 aliphatic rings. The van der Waals surface area contributed by atoms with Crippen LogP contribution < -0.4 is 5.32 Å². The van der Waals surface area contributed by atoms with Gasteiger partial charge in [0, 0.05) is 17.7 Å². The van der Waals surface area contributed by atoms with E-state index in [0.717, 1.165) is 36.0 Å². The van der Waals surface area contributed by atoms with Crippen molar-refractivity contribution in [1.82, 2.24) is 20.0 Å². The molecule has 1 atom stereocenters. The summed E-state index contributed by atoms with van der Waals surface area (Å²) in [7, 11) is 0. The molecule has 7 heteroatoms. The normalized spacial score (nSPS) is 17.5. The van der Waals surface area contributed by atoms with Crippen LogP contribution in [0, 0.1) is 0 Å². The third-order valence-corrected chi connectivity index (χ3v) is 4.79. The van der Waals surface area contributed by atoms with Gasteiger partial charge in [-0.1, -0.05) is 18.2 Å². The van der Waals surface area contributed by atoms with Gasteiger partial charge >= 0.3 is 0 Å². The van der Waals surface area contributed by atoms with Gasteiger partial charge in [0.2, 0.25) is 0 Å². The molecule has 2 aromatic heterocycles. The summed E-state index contributed by atoms with van der Waals surface area (Å²) in [4.78, 5) is 7.26. The van der Waals surface area contributed by atoms with Crippen LogP contribution in [-0.2, 0) is 11.3 Å². The van der Waals surface area contributed by atoms with Crippen molar-refractivity contribution in [2.75, 3.05) is 11.9 Å². The highest BCUT2D eigenvalue weighted by atomic mass is 32.1. The molecular formula is C16H17N5OS. The molecule has 6 nitrogen and oxygen atoms in total. The first-order valence-corrected chi connectivity index (χ1v) is 8.48. The largest absolute Gasteiger partial charge is 0.371 e. The van der Waals surface area contributed by atoms with Gasteiger partial charge < -0.3 is 10.1 Å².